The van der Waals surface area contributed by atoms with Gasteiger partial charge in [0.05, 0.1) is 29.6 Å². The van der Waals surface area contributed by atoms with Gasteiger partial charge in [-0.1, -0.05) is 19.3 Å². The summed E-state index contributed by atoms with van der Waals surface area (Å²) >= 11 is 1.75. The highest BCUT2D eigenvalue weighted by atomic mass is 32.1. The van der Waals surface area contributed by atoms with E-state index in [1.807, 2.05) is 6.20 Å². The summed E-state index contributed by atoms with van der Waals surface area (Å²) < 4.78 is 6.74. The Morgan fingerprint density at radius 1 is 0.967 bits per heavy atom. The molecule has 2 fully saturated rings. The van der Waals surface area contributed by atoms with Gasteiger partial charge in [0.25, 0.3) is 0 Å². The van der Waals surface area contributed by atoms with Gasteiger partial charge >= 0.3 is 0 Å². The Morgan fingerprint density at radius 3 is 2.60 bits per heavy atom. The number of thiophene rings is 1. The number of nitrogens with one attached hydrogen (secondary N) is 1. The second-order valence-electron chi connectivity index (χ2n) is 8.87. The van der Waals surface area contributed by atoms with E-state index in [0.29, 0.717) is 6.04 Å². The molecule has 3 aromatic heterocycles. The molecule has 0 atom stereocenters. The van der Waals surface area contributed by atoms with Crippen molar-refractivity contribution in [1.29, 1.82) is 0 Å². The van der Waals surface area contributed by atoms with Gasteiger partial charge in [-0.25, -0.2) is 15.0 Å². The number of anilines is 2. The monoisotopic (exact) mass is 423 g/mol. The molecule has 0 bridgehead atoms. The Labute approximate surface area is 181 Å². The van der Waals surface area contributed by atoms with Crippen LogP contribution in [-0.4, -0.2) is 47.3 Å². The van der Waals surface area contributed by atoms with E-state index in [0.717, 1.165) is 60.1 Å². The van der Waals surface area contributed by atoms with Gasteiger partial charge in [-0.3, -0.25) is 0 Å². The normalized spacial score (nSPS) is 20.6. The molecule has 30 heavy (non-hydrogen) atoms. The Balaban J connectivity index is 1.46. The van der Waals surface area contributed by atoms with Crippen molar-refractivity contribution in [2.75, 3.05) is 36.5 Å². The van der Waals surface area contributed by atoms with Crippen LogP contribution in [0.15, 0.2) is 6.20 Å². The first-order valence-electron chi connectivity index (χ1n) is 11.6. The van der Waals surface area contributed by atoms with Crippen LogP contribution in [0.25, 0.3) is 20.4 Å². The molecule has 158 valence electrons. The minimum Gasteiger partial charge on any atom is -0.378 e. The van der Waals surface area contributed by atoms with E-state index in [-0.39, 0.29) is 0 Å². The van der Waals surface area contributed by atoms with Gasteiger partial charge in [-0.15, -0.1) is 11.3 Å². The van der Waals surface area contributed by atoms with Gasteiger partial charge in [-0.2, -0.15) is 0 Å². The van der Waals surface area contributed by atoms with Gasteiger partial charge in [0.2, 0.25) is 5.95 Å². The van der Waals surface area contributed by atoms with Crippen LogP contribution in [0.3, 0.4) is 0 Å². The summed E-state index contributed by atoms with van der Waals surface area (Å²) in [5, 5.41) is 4.90. The van der Waals surface area contributed by atoms with Gasteiger partial charge < -0.3 is 15.0 Å². The summed E-state index contributed by atoms with van der Waals surface area (Å²) in [5.74, 6) is 1.98. The third kappa shape index (κ3) is 3.32. The molecular weight excluding hydrogens is 394 g/mol. The molecule has 4 heterocycles. The van der Waals surface area contributed by atoms with Crippen LogP contribution in [-0.2, 0) is 17.6 Å². The molecule has 0 spiro atoms. The van der Waals surface area contributed by atoms with Crippen molar-refractivity contribution in [3.63, 3.8) is 0 Å². The number of fused-ring (bicyclic) bond motifs is 5. The number of aryl methyl sites for hydroxylation is 1. The average molecular weight is 424 g/mol. The predicted molar refractivity (Wildman–Crippen MR) is 123 cm³/mol. The van der Waals surface area contributed by atoms with Crippen LogP contribution in [0.2, 0.25) is 0 Å². The number of rotatable bonds is 3. The van der Waals surface area contributed by atoms with E-state index in [9.17, 15) is 0 Å². The first-order chi connectivity index (χ1) is 14.9. The maximum Gasteiger partial charge on any atom is 0.223 e. The van der Waals surface area contributed by atoms with Crippen molar-refractivity contribution in [3.05, 3.63) is 17.3 Å². The topological polar surface area (TPSA) is 63.2 Å². The molecule has 1 aliphatic heterocycles. The van der Waals surface area contributed by atoms with Gasteiger partial charge in [0.1, 0.15) is 10.6 Å². The molecule has 1 saturated carbocycles. The summed E-state index contributed by atoms with van der Waals surface area (Å²) in [7, 11) is 0. The highest BCUT2D eigenvalue weighted by Gasteiger charge is 2.26. The van der Waals surface area contributed by atoms with Crippen molar-refractivity contribution in [2.24, 2.45) is 0 Å². The Hall–Kier alpha value is -1.99. The van der Waals surface area contributed by atoms with E-state index < -0.39 is 0 Å². The molecular formula is C23H29N5OS. The SMILES string of the molecule is c1nc(NC2CCCCC2)nc2c1sc1nc(N3CCOCC3)c3c(c12)CCCC3. The number of nitrogens with zero attached hydrogens (tertiary/aromatic N) is 4. The second kappa shape index (κ2) is 7.93. The van der Waals surface area contributed by atoms with Crippen molar-refractivity contribution < 1.29 is 4.74 Å². The van der Waals surface area contributed by atoms with E-state index in [1.54, 1.807) is 11.3 Å². The van der Waals surface area contributed by atoms with E-state index in [2.05, 4.69) is 15.2 Å². The van der Waals surface area contributed by atoms with Crippen LogP contribution in [0.5, 0.6) is 0 Å². The van der Waals surface area contributed by atoms with E-state index >= 15 is 0 Å². The number of morpholine rings is 1. The Kier molecular flexibility index (Phi) is 4.96. The predicted octanol–water partition coefficient (Wildman–Crippen LogP) is 4.70. The fraction of sp³-hybridized carbons (Fsp3) is 0.609. The molecule has 0 aromatic carbocycles. The Bertz CT molecular complexity index is 1070. The fourth-order valence-corrected chi connectivity index (χ4v) is 6.37. The molecule has 2 aliphatic carbocycles. The lowest BCUT2D eigenvalue weighted by atomic mass is 9.90. The number of hydrogen-bond acceptors (Lipinski definition) is 7. The lowest BCUT2D eigenvalue weighted by molar-refractivity contribution is 0.122. The smallest absolute Gasteiger partial charge is 0.223 e. The summed E-state index contributed by atoms with van der Waals surface area (Å²) in [6.07, 6.45) is 13.2. The number of hydrogen-bond donors (Lipinski definition) is 1. The van der Waals surface area contributed by atoms with Gasteiger partial charge in [0.15, 0.2) is 0 Å². The van der Waals surface area contributed by atoms with Crippen LogP contribution in [0, 0.1) is 0 Å². The molecule has 3 aromatic rings. The molecule has 0 amide bonds. The molecule has 0 unspecified atom stereocenters. The first kappa shape index (κ1) is 18.8. The lowest BCUT2D eigenvalue weighted by Gasteiger charge is -2.31. The number of aromatic nitrogens is 3. The molecule has 6 nitrogen and oxygen atoms in total. The molecule has 6 rings (SSSR count). The number of ether oxygens (including phenoxy) is 1. The quantitative estimate of drug-likeness (QED) is 0.659. The maximum atomic E-state index is 5.58. The summed E-state index contributed by atoms with van der Waals surface area (Å²) in [6.45, 7) is 3.46. The van der Waals surface area contributed by atoms with Crippen LogP contribution >= 0.6 is 11.3 Å². The van der Waals surface area contributed by atoms with E-state index in [1.165, 1.54) is 67.3 Å². The highest BCUT2D eigenvalue weighted by molar-refractivity contribution is 7.25. The summed E-state index contributed by atoms with van der Waals surface area (Å²) in [6, 6.07) is 0.515. The zero-order valence-corrected chi connectivity index (χ0v) is 18.3. The van der Waals surface area contributed by atoms with Crippen LogP contribution in [0.1, 0.15) is 56.1 Å². The van der Waals surface area contributed by atoms with E-state index in [4.69, 9.17) is 14.7 Å². The largest absolute Gasteiger partial charge is 0.378 e. The lowest BCUT2D eigenvalue weighted by Crippen LogP contribution is -2.37. The molecule has 1 saturated heterocycles. The van der Waals surface area contributed by atoms with Crippen LogP contribution in [0.4, 0.5) is 11.8 Å². The third-order valence-electron chi connectivity index (χ3n) is 6.91. The minimum absolute atomic E-state index is 0.515. The number of pyridine rings is 1. The van der Waals surface area contributed by atoms with Gasteiger partial charge in [0, 0.05) is 24.5 Å². The highest BCUT2D eigenvalue weighted by Crippen LogP contribution is 2.41. The Morgan fingerprint density at radius 2 is 1.77 bits per heavy atom. The maximum absolute atomic E-state index is 5.58. The molecule has 3 aliphatic rings. The average Bonchev–Trinajstić information content (AvgIpc) is 3.18. The van der Waals surface area contributed by atoms with Crippen molar-refractivity contribution >= 4 is 43.5 Å². The summed E-state index contributed by atoms with van der Waals surface area (Å²) in [5.41, 5.74) is 4.04. The standard InChI is InChI=1S/C23H29N5OS/c1-2-6-15(7-3-1)25-23-24-14-18-20(26-23)19-16-8-4-5-9-17(16)21(27-22(19)30-18)28-10-12-29-13-11-28/h14-15H,1-13H2,(H,24,25,26). The minimum atomic E-state index is 0.515. The van der Waals surface area contributed by atoms with Crippen LogP contribution < -0.4 is 10.2 Å². The second-order valence-corrected chi connectivity index (χ2v) is 9.90. The molecule has 1 N–H and O–H groups in total. The van der Waals surface area contributed by atoms with Crippen molar-refractivity contribution in [2.45, 2.75) is 63.8 Å². The molecule has 0 radical (unpaired) electrons. The fourth-order valence-electron chi connectivity index (χ4n) is 5.36. The zero-order chi connectivity index (χ0) is 19.9. The van der Waals surface area contributed by atoms with Crippen molar-refractivity contribution in [3.8, 4) is 0 Å². The van der Waals surface area contributed by atoms with Crippen molar-refractivity contribution in [1.82, 2.24) is 15.0 Å². The molecule has 7 heteroatoms. The zero-order valence-electron chi connectivity index (χ0n) is 17.5. The first-order valence-corrected chi connectivity index (χ1v) is 12.4. The third-order valence-corrected chi connectivity index (χ3v) is 7.92. The summed E-state index contributed by atoms with van der Waals surface area (Å²) in [4.78, 5) is 18.4. The van der Waals surface area contributed by atoms with Gasteiger partial charge in [-0.05, 0) is 49.7 Å².